The van der Waals surface area contributed by atoms with Gasteiger partial charge in [-0.1, -0.05) is 52.7 Å². The van der Waals surface area contributed by atoms with Gasteiger partial charge in [0.25, 0.3) is 5.56 Å². The van der Waals surface area contributed by atoms with Crippen LogP contribution in [-0.4, -0.2) is 21.7 Å². The number of hydrogen-bond donors (Lipinski definition) is 0. The average Bonchev–Trinajstić information content (AvgIpc) is 3.52. The van der Waals surface area contributed by atoms with Gasteiger partial charge in [0.05, 0.1) is 17.2 Å². The van der Waals surface area contributed by atoms with Gasteiger partial charge in [0.15, 0.2) is 5.82 Å². The van der Waals surface area contributed by atoms with Gasteiger partial charge in [-0.15, -0.1) is 5.10 Å². The molecule has 6 nitrogen and oxygen atoms in total. The minimum absolute atomic E-state index is 0.251. The van der Waals surface area contributed by atoms with E-state index in [0.29, 0.717) is 36.9 Å². The molecule has 0 atom stereocenters. The molecule has 0 aliphatic rings. The number of methoxy groups -OCH3 is 1. The molecule has 33 heavy (non-hydrogen) atoms. The van der Waals surface area contributed by atoms with Crippen molar-refractivity contribution in [2.24, 2.45) is 0 Å². The lowest BCUT2D eigenvalue weighted by atomic mass is 10.2. The SMILES string of the molecule is COc1ccc(/C=C/c2nc3s/c(=C\c4ccc(-c5ccc(Cl)c(Cl)c5)o4)c(=O)n3n2)cc1. The maximum Gasteiger partial charge on any atom is 0.291 e. The van der Waals surface area contributed by atoms with E-state index in [9.17, 15) is 4.79 Å². The molecule has 0 amide bonds. The second-order valence-electron chi connectivity index (χ2n) is 7.02. The zero-order valence-corrected chi connectivity index (χ0v) is 19.5. The summed E-state index contributed by atoms with van der Waals surface area (Å²) < 4.78 is 12.8. The summed E-state index contributed by atoms with van der Waals surface area (Å²) in [4.78, 5) is 17.7. The average molecular weight is 496 g/mol. The van der Waals surface area contributed by atoms with Gasteiger partial charge in [-0.25, -0.2) is 0 Å². The molecule has 3 aromatic heterocycles. The summed E-state index contributed by atoms with van der Waals surface area (Å²) in [6.45, 7) is 0. The molecule has 0 aliphatic carbocycles. The number of benzene rings is 2. The van der Waals surface area contributed by atoms with E-state index in [1.165, 1.54) is 15.9 Å². The van der Waals surface area contributed by atoms with Crippen LogP contribution in [0.3, 0.4) is 0 Å². The first kappa shape index (κ1) is 21.5. The summed E-state index contributed by atoms with van der Waals surface area (Å²) in [5.41, 5.74) is 1.52. The van der Waals surface area contributed by atoms with Crippen molar-refractivity contribution in [3.63, 3.8) is 0 Å². The molecule has 0 saturated carbocycles. The smallest absolute Gasteiger partial charge is 0.291 e. The maximum absolute atomic E-state index is 12.8. The number of furan rings is 1. The molecule has 164 valence electrons. The fraction of sp³-hybridized carbons (Fsp3) is 0.0417. The Balaban J connectivity index is 1.40. The van der Waals surface area contributed by atoms with Gasteiger partial charge in [0.1, 0.15) is 21.8 Å². The lowest BCUT2D eigenvalue weighted by Gasteiger charge is -1.99. The fourth-order valence-corrected chi connectivity index (χ4v) is 4.36. The van der Waals surface area contributed by atoms with Crippen molar-refractivity contribution >= 4 is 57.7 Å². The number of thiazole rings is 1. The Labute approximate surface area is 202 Å². The van der Waals surface area contributed by atoms with E-state index < -0.39 is 0 Å². The summed E-state index contributed by atoms with van der Waals surface area (Å²) in [7, 11) is 1.62. The van der Waals surface area contributed by atoms with Crippen molar-refractivity contribution in [3.8, 4) is 17.1 Å². The number of fused-ring (bicyclic) bond motifs is 1. The van der Waals surface area contributed by atoms with Gasteiger partial charge in [-0.2, -0.15) is 9.50 Å². The van der Waals surface area contributed by atoms with Gasteiger partial charge < -0.3 is 9.15 Å². The van der Waals surface area contributed by atoms with E-state index in [1.807, 2.05) is 42.5 Å². The lowest BCUT2D eigenvalue weighted by molar-refractivity contribution is 0.415. The Morgan fingerprint density at radius 1 is 1.03 bits per heavy atom. The number of ether oxygens (including phenoxy) is 1. The number of hydrogen-bond acceptors (Lipinski definition) is 6. The van der Waals surface area contributed by atoms with Gasteiger partial charge in [-0.05, 0) is 54.1 Å². The first-order chi connectivity index (χ1) is 16.0. The normalized spacial score (nSPS) is 12.3. The van der Waals surface area contributed by atoms with Crippen LogP contribution in [0.5, 0.6) is 5.75 Å². The maximum atomic E-state index is 12.8. The first-order valence-corrected chi connectivity index (χ1v) is 11.4. The second kappa shape index (κ2) is 8.86. The van der Waals surface area contributed by atoms with E-state index in [0.717, 1.165) is 16.9 Å². The Morgan fingerprint density at radius 2 is 1.85 bits per heavy atom. The molecule has 0 bridgehead atoms. The van der Waals surface area contributed by atoms with Crippen molar-refractivity contribution < 1.29 is 9.15 Å². The minimum atomic E-state index is -0.251. The molecular weight excluding hydrogens is 481 g/mol. The number of aromatic nitrogens is 3. The predicted octanol–water partition coefficient (Wildman–Crippen LogP) is 5.44. The zero-order chi connectivity index (χ0) is 22.9. The third-order valence-electron chi connectivity index (χ3n) is 4.84. The van der Waals surface area contributed by atoms with E-state index >= 15 is 0 Å². The fourth-order valence-electron chi connectivity index (χ4n) is 3.17. The lowest BCUT2D eigenvalue weighted by Crippen LogP contribution is -2.23. The molecule has 0 radical (unpaired) electrons. The minimum Gasteiger partial charge on any atom is -0.497 e. The Bertz CT molecular complexity index is 1600. The summed E-state index contributed by atoms with van der Waals surface area (Å²) in [6.07, 6.45) is 5.32. The van der Waals surface area contributed by atoms with Gasteiger partial charge in [-0.3, -0.25) is 4.79 Å². The van der Waals surface area contributed by atoms with Crippen LogP contribution in [0.1, 0.15) is 17.1 Å². The third-order valence-corrected chi connectivity index (χ3v) is 6.54. The molecule has 0 unspecified atom stereocenters. The molecule has 3 heterocycles. The van der Waals surface area contributed by atoms with Crippen molar-refractivity contribution in [2.75, 3.05) is 7.11 Å². The molecule has 2 aromatic carbocycles. The molecular formula is C24H15Cl2N3O3S. The van der Waals surface area contributed by atoms with Crippen LogP contribution < -0.4 is 14.8 Å². The third kappa shape index (κ3) is 4.43. The van der Waals surface area contributed by atoms with Crippen molar-refractivity contribution in [1.29, 1.82) is 0 Å². The van der Waals surface area contributed by atoms with Gasteiger partial charge in [0.2, 0.25) is 4.96 Å². The standard InChI is InChI=1S/C24H15Cl2N3O3S/c1-31-16-6-2-14(3-7-16)4-11-22-27-24-29(28-22)23(30)21(33-24)13-17-8-10-20(32-17)15-5-9-18(25)19(26)12-15/h2-13H,1H3/b11-4+,21-13-. The molecule has 0 saturated heterocycles. The second-order valence-corrected chi connectivity index (χ2v) is 8.84. The number of halogens is 2. The Morgan fingerprint density at radius 3 is 2.58 bits per heavy atom. The van der Waals surface area contributed by atoms with Crippen LogP contribution in [0.4, 0.5) is 0 Å². The van der Waals surface area contributed by atoms with Gasteiger partial charge >= 0.3 is 0 Å². The van der Waals surface area contributed by atoms with E-state index in [1.54, 1.807) is 37.5 Å². The van der Waals surface area contributed by atoms with E-state index in [2.05, 4.69) is 10.1 Å². The van der Waals surface area contributed by atoms with Crippen molar-refractivity contribution in [2.45, 2.75) is 0 Å². The summed E-state index contributed by atoms with van der Waals surface area (Å²) in [5.74, 6) is 2.41. The number of nitrogens with zero attached hydrogens (tertiary/aromatic N) is 3. The summed E-state index contributed by atoms with van der Waals surface area (Å²) >= 11 is 13.3. The largest absolute Gasteiger partial charge is 0.497 e. The predicted molar refractivity (Wildman–Crippen MR) is 132 cm³/mol. The quantitative estimate of drug-likeness (QED) is 0.324. The molecule has 5 rings (SSSR count). The van der Waals surface area contributed by atoms with Crippen LogP contribution in [-0.2, 0) is 0 Å². The molecule has 0 spiro atoms. The number of rotatable bonds is 5. The summed E-state index contributed by atoms with van der Waals surface area (Å²) in [5, 5.41) is 5.23. The van der Waals surface area contributed by atoms with Crippen LogP contribution in [0.15, 0.2) is 63.8 Å². The molecule has 5 aromatic rings. The highest BCUT2D eigenvalue weighted by atomic mass is 35.5. The Hall–Kier alpha value is -3.39. The van der Waals surface area contributed by atoms with E-state index in [-0.39, 0.29) is 5.56 Å². The van der Waals surface area contributed by atoms with Crippen molar-refractivity contribution in [3.05, 3.63) is 96.7 Å². The molecule has 9 heteroatoms. The van der Waals surface area contributed by atoms with Crippen LogP contribution in [0.25, 0.3) is 34.5 Å². The highest BCUT2D eigenvalue weighted by molar-refractivity contribution is 7.15. The van der Waals surface area contributed by atoms with Crippen LogP contribution in [0.2, 0.25) is 10.0 Å². The monoisotopic (exact) mass is 495 g/mol. The molecule has 0 aliphatic heterocycles. The molecule has 0 N–H and O–H groups in total. The first-order valence-electron chi connectivity index (χ1n) is 9.79. The Kier molecular flexibility index (Phi) is 5.76. The van der Waals surface area contributed by atoms with Crippen LogP contribution >= 0.6 is 34.5 Å². The van der Waals surface area contributed by atoms with Crippen LogP contribution in [0, 0.1) is 0 Å². The van der Waals surface area contributed by atoms with Crippen molar-refractivity contribution in [1.82, 2.24) is 14.6 Å². The van der Waals surface area contributed by atoms with Gasteiger partial charge in [0, 0.05) is 11.6 Å². The zero-order valence-electron chi connectivity index (χ0n) is 17.2. The highest BCUT2D eigenvalue weighted by Crippen LogP contribution is 2.29. The van der Waals surface area contributed by atoms with E-state index in [4.69, 9.17) is 32.4 Å². The summed E-state index contributed by atoms with van der Waals surface area (Å²) in [6, 6.07) is 16.5. The molecule has 0 fully saturated rings. The highest BCUT2D eigenvalue weighted by Gasteiger charge is 2.11. The topological polar surface area (TPSA) is 69.6 Å².